The molecule has 0 aliphatic carbocycles. The Morgan fingerprint density at radius 3 is 1.95 bits per heavy atom. The molecule has 3 unspecified atom stereocenters. The van der Waals surface area contributed by atoms with Crippen LogP contribution in [0.3, 0.4) is 0 Å². The third-order valence-corrected chi connectivity index (χ3v) is 7.64. The maximum absolute atomic E-state index is 14.2. The molecule has 1 aliphatic heterocycles. The molecular weight excluding hydrogens is 581 g/mol. The molecule has 3 atom stereocenters. The second-order valence-electron chi connectivity index (χ2n) is 8.60. The molecule has 216 valence electrons. The highest BCUT2D eigenvalue weighted by Gasteiger charge is 2.60. The molecule has 1 heterocycles. The van der Waals surface area contributed by atoms with Gasteiger partial charge in [0.15, 0.2) is 0 Å². The zero-order valence-corrected chi connectivity index (χ0v) is 21.1. The van der Waals surface area contributed by atoms with Crippen molar-refractivity contribution in [2.24, 2.45) is 0 Å². The van der Waals surface area contributed by atoms with E-state index in [2.05, 4.69) is 10.2 Å². The van der Waals surface area contributed by atoms with Gasteiger partial charge in [-0.3, -0.25) is 19.3 Å². The van der Waals surface area contributed by atoms with Crippen molar-refractivity contribution in [1.29, 1.82) is 5.26 Å². The molecule has 0 aromatic heterocycles. The van der Waals surface area contributed by atoms with Crippen LogP contribution in [0.5, 0.6) is 0 Å². The van der Waals surface area contributed by atoms with E-state index in [1.807, 2.05) is 5.48 Å². The quantitative estimate of drug-likeness (QED) is 0.395. The molecule has 2 aromatic carbocycles. The van der Waals surface area contributed by atoms with Crippen LogP contribution in [0.15, 0.2) is 48.5 Å². The monoisotopic (exact) mass is 599 g/mol. The van der Waals surface area contributed by atoms with E-state index >= 15 is 0 Å². The van der Waals surface area contributed by atoms with Crippen LogP contribution in [-0.2, 0) is 38.4 Å². The van der Waals surface area contributed by atoms with Crippen LogP contribution in [0.25, 0.3) is 5.70 Å². The predicted molar refractivity (Wildman–Crippen MR) is 124 cm³/mol. The van der Waals surface area contributed by atoms with Crippen molar-refractivity contribution in [2.75, 3.05) is 11.1 Å². The van der Waals surface area contributed by atoms with E-state index < -0.39 is 68.0 Å². The molecule has 2 aromatic rings. The summed E-state index contributed by atoms with van der Waals surface area (Å²) in [6.07, 6.45) is -16.0. The topological polar surface area (TPSA) is 91.2 Å². The number of carbonyl (C=O) groups excluding carboxylic acids is 1. The van der Waals surface area contributed by atoms with Gasteiger partial charge < -0.3 is 5.32 Å². The lowest BCUT2D eigenvalue weighted by molar-refractivity contribution is -0.269. The Bertz CT molecular complexity index is 1360. The van der Waals surface area contributed by atoms with E-state index in [0.29, 0.717) is 6.08 Å². The SMILES string of the molecule is CCS(=O)C(C)(C#N)C(=O)Nc1ccc(C2=CC(c3cc(C(F)(F)F)cc(C(F)(F)F)c3)(C(F)(F)F)ON2)cc1. The van der Waals surface area contributed by atoms with E-state index in [9.17, 15) is 53.8 Å². The Kier molecular flexibility index (Phi) is 8.07. The van der Waals surface area contributed by atoms with Crippen LogP contribution in [0.4, 0.5) is 45.2 Å². The van der Waals surface area contributed by atoms with Crippen LogP contribution >= 0.6 is 0 Å². The molecule has 1 aliphatic rings. The van der Waals surface area contributed by atoms with Gasteiger partial charge in [-0.2, -0.15) is 44.8 Å². The summed E-state index contributed by atoms with van der Waals surface area (Å²) in [7, 11) is -1.85. The molecule has 0 saturated carbocycles. The summed E-state index contributed by atoms with van der Waals surface area (Å²) in [4.78, 5) is 17.1. The molecule has 6 nitrogen and oxygen atoms in total. The van der Waals surface area contributed by atoms with Crippen molar-refractivity contribution >= 4 is 28.1 Å². The number of nitrogens with one attached hydrogen (secondary N) is 2. The Balaban J connectivity index is 2.03. The molecule has 0 spiro atoms. The fraction of sp³-hybridized carbons (Fsp3) is 0.333. The Morgan fingerprint density at radius 1 is 1.00 bits per heavy atom. The number of anilines is 1. The summed E-state index contributed by atoms with van der Waals surface area (Å²) in [6.45, 7) is 2.66. The third-order valence-electron chi connectivity index (χ3n) is 5.93. The van der Waals surface area contributed by atoms with Gasteiger partial charge in [0.05, 0.1) is 33.7 Å². The molecule has 1 amide bonds. The fourth-order valence-corrected chi connectivity index (χ4v) is 4.57. The zero-order chi connectivity index (χ0) is 30.3. The Labute approximate surface area is 223 Å². The van der Waals surface area contributed by atoms with Gasteiger partial charge >= 0.3 is 18.5 Å². The number of rotatable bonds is 6. The van der Waals surface area contributed by atoms with E-state index in [1.54, 1.807) is 6.07 Å². The predicted octanol–water partition coefficient (Wildman–Crippen LogP) is 6.05. The normalized spacial score (nSPS) is 20.1. The summed E-state index contributed by atoms with van der Waals surface area (Å²) in [5.41, 5.74) is -7.64. The Morgan fingerprint density at radius 2 is 1.52 bits per heavy atom. The van der Waals surface area contributed by atoms with Gasteiger partial charge in [0.1, 0.15) is 0 Å². The number of benzene rings is 2. The second kappa shape index (κ2) is 10.4. The summed E-state index contributed by atoms with van der Waals surface area (Å²) in [5, 5.41) is 11.7. The second-order valence-corrected chi connectivity index (χ2v) is 10.7. The number of halogens is 9. The molecule has 0 radical (unpaired) electrons. The molecule has 2 N–H and O–H groups in total. The van der Waals surface area contributed by atoms with E-state index in [0.717, 1.165) is 19.1 Å². The van der Waals surface area contributed by atoms with E-state index in [4.69, 9.17) is 0 Å². The van der Waals surface area contributed by atoms with Crippen molar-refractivity contribution in [3.63, 3.8) is 0 Å². The zero-order valence-electron chi connectivity index (χ0n) is 20.3. The Hall–Kier alpha value is -3.58. The largest absolute Gasteiger partial charge is 0.428 e. The lowest BCUT2D eigenvalue weighted by Crippen LogP contribution is -2.43. The minimum absolute atomic E-state index is 0.00748. The standard InChI is InChI=1S/C24H18F9N3O3S/c1-3-40(38)20(2,12-34)19(37)35-17-6-4-13(5-7-17)18-11-21(39-36-18,24(31,32)33)14-8-15(22(25,26)27)10-16(9-14)23(28,29)30/h4-11,36H,3H2,1-2H3,(H,35,37). The van der Waals surface area contributed by atoms with Gasteiger partial charge in [-0.15, -0.1) is 0 Å². The average molecular weight is 599 g/mol. The van der Waals surface area contributed by atoms with Gasteiger partial charge in [-0.05, 0) is 48.9 Å². The van der Waals surface area contributed by atoms with Crippen LogP contribution < -0.4 is 10.8 Å². The molecule has 40 heavy (non-hydrogen) atoms. The minimum Gasteiger partial charge on any atom is -0.324 e. The van der Waals surface area contributed by atoms with Crippen molar-refractivity contribution < 1.29 is 53.4 Å². The van der Waals surface area contributed by atoms with Crippen molar-refractivity contribution in [3.05, 3.63) is 70.8 Å². The first kappa shape index (κ1) is 31.0. The average Bonchev–Trinajstić information content (AvgIpc) is 3.34. The molecule has 16 heteroatoms. The van der Waals surface area contributed by atoms with E-state index in [1.165, 1.54) is 19.1 Å². The summed E-state index contributed by atoms with van der Waals surface area (Å²) in [5.74, 6) is -0.904. The van der Waals surface area contributed by atoms with Crippen LogP contribution in [0.2, 0.25) is 0 Å². The molecular formula is C24H18F9N3O3S. The number of hydrogen-bond acceptors (Lipinski definition) is 5. The highest BCUT2D eigenvalue weighted by atomic mass is 32.2. The van der Waals surface area contributed by atoms with Gasteiger partial charge in [-0.1, -0.05) is 19.1 Å². The third kappa shape index (κ3) is 5.80. The summed E-state index contributed by atoms with van der Waals surface area (Å²) < 4.78 is 133. The highest BCUT2D eigenvalue weighted by molar-refractivity contribution is 7.87. The first-order valence-electron chi connectivity index (χ1n) is 11.0. The van der Waals surface area contributed by atoms with Crippen molar-refractivity contribution in [3.8, 4) is 6.07 Å². The molecule has 0 fully saturated rings. The van der Waals surface area contributed by atoms with Gasteiger partial charge in [0.2, 0.25) is 10.3 Å². The first-order chi connectivity index (χ1) is 18.3. The lowest BCUT2D eigenvalue weighted by Gasteiger charge is -2.29. The number of carbonyl (C=O) groups is 1. The summed E-state index contributed by atoms with van der Waals surface area (Å²) in [6, 6.07) is 5.94. The highest BCUT2D eigenvalue weighted by Crippen LogP contribution is 2.49. The smallest absolute Gasteiger partial charge is 0.324 e. The first-order valence-corrected chi connectivity index (χ1v) is 12.4. The molecule has 3 rings (SSSR count). The van der Waals surface area contributed by atoms with Gasteiger partial charge in [0.25, 0.3) is 5.91 Å². The number of hydroxylamine groups is 1. The van der Waals surface area contributed by atoms with Crippen LogP contribution in [-0.4, -0.2) is 26.8 Å². The summed E-state index contributed by atoms with van der Waals surface area (Å²) >= 11 is 0. The van der Waals surface area contributed by atoms with Gasteiger partial charge in [0, 0.05) is 17.0 Å². The van der Waals surface area contributed by atoms with Gasteiger partial charge in [-0.25, -0.2) is 0 Å². The maximum Gasteiger partial charge on any atom is 0.428 e. The molecule has 0 saturated heterocycles. The van der Waals surface area contributed by atoms with Crippen LogP contribution in [0, 0.1) is 11.3 Å². The number of nitrogens with zero attached hydrogens (tertiary/aromatic N) is 1. The fourth-order valence-electron chi connectivity index (χ4n) is 3.63. The number of nitriles is 1. The van der Waals surface area contributed by atoms with Crippen LogP contribution in [0.1, 0.15) is 36.1 Å². The van der Waals surface area contributed by atoms with Crippen molar-refractivity contribution in [1.82, 2.24) is 5.48 Å². The van der Waals surface area contributed by atoms with E-state index in [-0.39, 0.29) is 35.2 Å². The number of alkyl halides is 9. The number of amides is 1. The number of hydrogen-bond donors (Lipinski definition) is 2. The lowest BCUT2D eigenvalue weighted by atomic mass is 9.88. The molecule has 0 bridgehead atoms. The minimum atomic E-state index is -5.51. The maximum atomic E-state index is 14.2. The van der Waals surface area contributed by atoms with Crippen molar-refractivity contribution in [2.45, 2.75) is 42.7 Å².